The van der Waals surface area contributed by atoms with E-state index in [1.807, 2.05) is 12.1 Å². The van der Waals surface area contributed by atoms with E-state index in [4.69, 9.17) is 32.7 Å². The highest BCUT2D eigenvalue weighted by Crippen LogP contribution is 2.52. The molecule has 2 N–H and O–H groups in total. The van der Waals surface area contributed by atoms with Gasteiger partial charge in [0.15, 0.2) is 0 Å². The topological polar surface area (TPSA) is 58.9 Å². The highest BCUT2D eigenvalue weighted by atomic mass is 35.5. The first-order valence-electron chi connectivity index (χ1n) is 9.66. The van der Waals surface area contributed by atoms with Crippen LogP contribution in [0.2, 0.25) is 0 Å². The molecule has 1 spiro atoms. The van der Waals surface area contributed by atoms with Gasteiger partial charge in [0.1, 0.15) is 29.7 Å². The zero-order chi connectivity index (χ0) is 19.7. The molecule has 0 bridgehead atoms. The van der Waals surface area contributed by atoms with E-state index in [1.165, 1.54) is 5.56 Å². The lowest BCUT2D eigenvalue weighted by Gasteiger charge is -2.58. The van der Waals surface area contributed by atoms with Crippen molar-refractivity contribution in [3.63, 3.8) is 0 Å². The summed E-state index contributed by atoms with van der Waals surface area (Å²) in [5.41, 5.74) is -0.0345. The van der Waals surface area contributed by atoms with Gasteiger partial charge in [-0.15, -0.1) is 23.2 Å². The molecule has 2 atom stereocenters. The van der Waals surface area contributed by atoms with Crippen molar-refractivity contribution in [2.45, 2.75) is 62.3 Å². The molecule has 2 aliphatic rings. The number of hydrogen-bond donors (Lipinski definition) is 2. The Hall–Kier alpha value is -0.520. The molecule has 0 aromatic heterocycles. The van der Waals surface area contributed by atoms with Gasteiger partial charge < -0.3 is 19.7 Å². The van der Waals surface area contributed by atoms with Crippen LogP contribution in [0.25, 0.3) is 0 Å². The molecule has 3 rings (SSSR count). The number of hydrogen-bond acceptors (Lipinski definition) is 4. The Bertz CT molecular complexity index is 622. The van der Waals surface area contributed by atoms with E-state index in [0.717, 1.165) is 31.4 Å². The third-order valence-corrected chi connectivity index (χ3v) is 7.49. The molecule has 2 unspecified atom stereocenters. The molecule has 2 fully saturated rings. The lowest BCUT2D eigenvalue weighted by Crippen LogP contribution is -2.71. The minimum Gasteiger partial charge on any atom is -0.491 e. The molecule has 1 aromatic carbocycles. The summed E-state index contributed by atoms with van der Waals surface area (Å²) in [4.78, 5) is 0. The fourth-order valence-corrected chi connectivity index (χ4v) is 4.88. The number of alkyl halides is 2. The summed E-state index contributed by atoms with van der Waals surface area (Å²) in [6, 6.07) is 8.09. The monoisotopic (exact) mass is 416 g/mol. The van der Waals surface area contributed by atoms with Crippen LogP contribution in [0.1, 0.15) is 45.1 Å². The molecule has 0 amide bonds. The first kappa shape index (κ1) is 21.2. The average Bonchev–Trinajstić information content (AvgIpc) is 2.70. The highest BCUT2D eigenvalue weighted by Gasteiger charge is 2.61. The van der Waals surface area contributed by atoms with Crippen LogP contribution in [-0.4, -0.2) is 52.5 Å². The van der Waals surface area contributed by atoms with Crippen molar-refractivity contribution in [1.82, 2.24) is 0 Å². The molecule has 1 heterocycles. The lowest BCUT2D eigenvalue weighted by atomic mass is 9.60. The summed E-state index contributed by atoms with van der Waals surface area (Å²) in [6.45, 7) is 5.10. The Morgan fingerprint density at radius 2 is 1.85 bits per heavy atom. The Morgan fingerprint density at radius 3 is 2.33 bits per heavy atom. The van der Waals surface area contributed by atoms with Gasteiger partial charge in [0, 0.05) is 0 Å². The highest BCUT2D eigenvalue weighted by molar-refractivity contribution is 6.18. The number of benzene rings is 1. The largest absolute Gasteiger partial charge is 0.491 e. The van der Waals surface area contributed by atoms with Gasteiger partial charge in [-0.3, -0.25) is 0 Å². The van der Waals surface area contributed by atoms with E-state index in [2.05, 4.69) is 26.0 Å². The third kappa shape index (κ3) is 3.97. The van der Waals surface area contributed by atoms with Crippen molar-refractivity contribution in [1.29, 1.82) is 0 Å². The quantitative estimate of drug-likeness (QED) is 0.662. The molecule has 6 heteroatoms. The average molecular weight is 417 g/mol. The Morgan fingerprint density at radius 1 is 1.22 bits per heavy atom. The first-order valence-corrected chi connectivity index (χ1v) is 10.7. The van der Waals surface area contributed by atoms with Crippen LogP contribution in [0, 0.1) is 5.92 Å². The van der Waals surface area contributed by atoms with E-state index < -0.39 is 17.3 Å². The fourth-order valence-electron chi connectivity index (χ4n) is 4.47. The van der Waals surface area contributed by atoms with E-state index in [9.17, 15) is 10.2 Å². The predicted octanol–water partition coefficient (Wildman–Crippen LogP) is 3.87. The summed E-state index contributed by atoms with van der Waals surface area (Å²) in [5, 5.41) is 20.1. The Kier molecular flexibility index (Phi) is 6.34. The van der Waals surface area contributed by atoms with Gasteiger partial charge in [0.2, 0.25) is 0 Å². The fraction of sp³-hybridized carbons (Fsp3) is 0.714. The van der Waals surface area contributed by atoms with Crippen LogP contribution in [0.4, 0.5) is 0 Å². The molecular formula is C21H30Cl2O4. The van der Waals surface area contributed by atoms with Crippen molar-refractivity contribution in [3.8, 4) is 5.75 Å². The maximum absolute atomic E-state index is 10.6. The molecule has 1 aliphatic heterocycles. The van der Waals surface area contributed by atoms with Gasteiger partial charge >= 0.3 is 0 Å². The second kappa shape index (κ2) is 8.08. The van der Waals surface area contributed by atoms with Gasteiger partial charge in [0.05, 0.1) is 18.4 Å². The number of halogens is 2. The van der Waals surface area contributed by atoms with Crippen LogP contribution >= 0.6 is 23.2 Å². The number of aliphatic hydroxyl groups excluding tert-OH is 1. The van der Waals surface area contributed by atoms with Crippen molar-refractivity contribution < 1.29 is 19.7 Å². The van der Waals surface area contributed by atoms with Gasteiger partial charge in [-0.05, 0) is 54.7 Å². The lowest BCUT2D eigenvalue weighted by molar-refractivity contribution is -0.308. The SMILES string of the molecule is CC(C)(c1ccc(OCC(O)CCl)cc1)C1CCC2(CC1)OCC2(O)CCl. The van der Waals surface area contributed by atoms with Crippen LogP contribution in [0.3, 0.4) is 0 Å². The zero-order valence-electron chi connectivity index (χ0n) is 16.1. The summed E-state index contributed by atoms with van der Waals surface area (Å²) < 4.78 is 11.4. The van der Waals surface area contributed by atoms with Gasteiger partial charge in [-0.2, -0.15) is 0 Å². The normalized spacial score (nSPS) is 32.1. The molecule has 4 nitrogen and oxygen atoms in total. The van der Waals surface area contributed by atoms with Gasteiger partial charge in [0.25, 0.3) is 0 Å². The molecule has 0 radical (unpaired) electrons. The predicted molar refractivity (Wildman–Crippen MR) is 108 cm³/mol. The summed E-state index contributed by atoms with van der Waals surface area (Å²) in [5.74, 6) is 1.64. The number of ether oxygens (including phenoxy) is 2. The van der Waals surface area contributed by atoms with E-state index in [0.29, 0.717) is 12.5 Å². The molecule has 27 heavy (non-hydrogen) atoms. The summed E-state index contributed by atoms with van der Waals surface area (Å²) >= 11 is 11.6. The van der Waals surface area contributed by atoms with Crippen molar-refractivity contribution in [2.75, 3.05) is 25.0 Å². The Balaban J connectivity index is 1.62. The van der Waals surface area contributed by atoms with Crippen LogP contribution in [-0.2, 0) is 10.2 Å². The minimum absolute atomic E-state index is 0.0125. The van der Waals surface area contributed by atoms with Crippen LogP contribution in [0.5, 0.6) is 5.75 Å². The third-order valence-electron chi connectivity index (χ3n) is 6.69. The van der Waals surface area contributed by atoms with Crippen LogP contribution in [0.15, 0.2) is 24.3 Å². The zero-order valence-corrected chi connectivity index (χ0v) is 17.6. The second-order valence-electron chi connectivity index (χ2n) is 8.59. The van der Waals surface area contributed by atoms with Gasteiger partial charge in [-0.1, -0.05) is 26.0 Å². The minimum atomic E-state index is -0.865. The first-order chi connectivity index (χ1) is 12.8. The molecule has 152 valence electrons. The van der Waals surface area contributed by atoms with Crippen molar-refractivity contribution in [2.24, 2.45) is 5.92 Å². The summed E-state index contributed by atoms with van der Waals surface area (Å²) in [6.07, 6.45) is 3.06. The number of aliphatic hydroxyl groups is 2. The molecular weight excluding hydrogens is 387 g/mol. The van der Waals surface area contributed by atoms with E-state index in [1.54, 1.807) is 0 Å². The smallest absolute Gasteiger partial charge is 0.130 e. The maximum atomic E-state index is 10.6. The van der Waals surface area contributed by atoms with Crippen molar-refractivity contribution >= 4 is 23.2 Å². The van der Waals surface area contributed by atoms with E-state index >= 15 is 0 Å². The summed E-state index contributed by atoms with van der Waals surface area (Å²) in [7, 11) is 0. The van der Waals surface area contributed by atoms with Crippen molar-refractivity contribution in [3.05, 3.63) is 29.8 Å². The van der Waals surface area contributed by atoms with Gasteiger partial charge in [-0.25, -0.2) is 0 Å². The number of rotatable bonds is 7. The Labute approximate surface area is 171 Å². The molecule has 1 saturated heterocycles. The molecule has 1 saturated carbocycles. The maximum Gasteiger partial charge on any atom is 0.130 e. The molecule has 1 aliphatic carbocycles. The van der Waals surface area contributed by atoms with E-state index in [-0.39, 0.29) is 23.8 Å². The second-order valence-corrected chi connectivity index (χ2v) is 9.16. The van der Waals surface area contributed by atoms with Crippen LogP contribution < -0.4 is 4.74 Å². The standard InChI is InChI=1S/C21H30Cl2O4/c1-19(2,15-3-5-18(6-4-15)26-12-17(24)11-22)16-7-9-21(10-8-16)20(25,13-23)14-27-21/h3-6,16-17,24-25H,7-14H2,1-2H3. The molecule has 1 aromatic rings.